The van der Waals surface area contributed by atoms with Crippen molar-refractivity contribution in [3.05, 3.63) is 15.9 Å². The molecule has 1 heterocycles. The fourth-order valence-corrected chi connectivity index (χ4v) is 1.32. The minimum Gasteiger partial charge on any atom is -0.472 e. The van der Waals surface area contributed by atoms with E-state index in [0.717, 1.165) is 0 Å². The monoisotopic (exact) mass is 254 g/mol. The molecule has 0 bridgehead atoms. The predicted molar refractivity (Wildman–Crippen MR) is 67.9 cm³/mol. The zero-order valence-electron chi connectivity index (χ0n) is 11.1. The molecule has 100 valence electrons. The maximum absolute atomic E-state index is 11.1. The van der Waals surface area contributed by atoms with Gasteiger partial charge in [-0.2, -0.15) is 4.98 Å². The molecule has 0 aliphatic carbocycles. The first-order chi connectivity index (χ1) is 8.49. The molecule has 7 heteroatoms. The first-order valence-corrected chi connectivity index (χ1v) is 5.85. The molecule has 7 nitrogen and oxygen atoms in total. The average molecular weight is 254 g/mol. The van der Waals surface area contributed by atoms with E-state index < -0.39 is 4.92 Å². The third-order valence-electron chi connectivity index (χ3n) is 2.19. The smallest absolute Gasteiger partial charge is 0.372 e. The Morgan fingerprint density at radius 1 is 1.44 bits per heavy atom. The highest BCUT2D eigenvalue weighted by Crippen LogP contribution is 2.31. The summed E-state index contributed by atoms with van der Waals surface area (Å²) in [5.41, 5.74) is -0.213. The summed E-state index contributed by atoms with van der Waals surface area (Å²) < 4.78 is 5.41. The average Bonchev–Trinajstić information content (AvgIpc) is 2.34. The van der Waals surface area contributed by atoms with Gasteiger partial charge in [-0.15, -0.1) is 0 Å². The van der Waals surface area contributed by atoms with Crippen LogP contribution < -0.4 is 10.1 Å². The summed E-state index contributed by atoms with van der Waals surface area (Å²) in [5, 5.41) is 13.8. The molecule has 0 unspecified atom stereocenters. The second-order valence-electron chi connectivity index (χ2n) is 4.21. The van der Waals surface area contributed by atoms with Gasteiger partial charge in [-0.1, -0.05) is 20.8 Å². The van der Waals surface area contributed by atoms with Gasteiger partial charge in [-0.3, -0.25) is 10.1 Å². The van der Waals surface area contributed by atoms with Crippen molar-refractivity contribution in [3.8, 4) is 5.88 Å². The van der Waals surface area contributed by atoms with E-state index in [4.69, 9.17) is 4.74 Å². The van der Waals surface area contributed by atoms with Crippen molar-refractivity contribution in [2.75, 3.05) is 19.0 Å². The van der Waals surface area contributed by atoms with Crippen LogP contribution in [0.15, 0.2) is 0 Å². The highest BCUT2D eigenvalue weighted by atomic mass is 16.6. The summed E-state index contributed by atoms with van der Waals surface area (Å²) in [7, 11) is 1.58. The third-order valence-corrected chi connectivity index (χ3v) is 2.19. The molecule has 0 spiro atoms. The zero-order valence-corrected chi connectivity index (χ0v) is 11.1. The summed E-state index contributed by atoms with van der Waals surface area (Å²) in [6, 6.07) is 0. The van der Waals surface area contributed by atoms with E-state index in [2.05, 4.69) is 15.3 Å². The lowest BCUT2D eigenvalue weighted by atomic mass is 10.2. The Morgan fingerprint density at radius 2 is 2.11 bits per heavy atom. The van der Waals surface area contributed by atoms with Gasteiger partial charge < -0.3 is 10.1 Å². The molecule has 0 atom stereocenters. The Labute approximate surface area is 106 Å². The third kappa shape index (κ3) is 3.28. The number of aromatic nitrogens is 2. The number of hydrogen-bond acceptors (Lipinski definition) is 6. The van der Waals surface area contributed by atoms with E-state index in [1.165, 1.54) is 0 Å². The minimum atomic E-state index is -0.527. The van der Waals surface area contributed by atoms with Gasteiger partial charge in [0, 0.05) is 13.5 Å². The molecule has 0 fully saturated rings. The molecular weight excluding hydrogens is 236 g/mol. The van der Waals surface area contributed by atoms with E-state index in [9.17, 15) is 10.1 Å². The van der Waals surface area contributed by atoms with Crippen LogP contribution in [0, 0.1) is 16.0 Å². The van der Waals surface area contributed by atoms with Gasteiger partial charge in [0.25, 0.3) is 5.88 Å². The quantitative estimate of drug-likeness (QED) is 0.617. The van der Waals surface area contributed by atoms with Crippen molar-refractivity contribution in [2.45, 2.75) is 27.2 Å². The molecule has 1 N–H and O–H groups in total. The van der Waals surface area contributed by atoms with Crippen LogP contribution in [-0.2, 0) is 6.42 Å². The molecule has 1 aromatic heterocycles. The lowest BCUT2D eigenvalue weighted by Crippen LogP contribution is -2.11. The Morgan fingerprint density at radius 3 is 2.56 bits per heavy atom. The van der Waals surface area contributed by atoms with E-state index in [1.54, 1.807) is 7.05 Å². The SMILES string of the molecule is CCc1nc(NC)c([N+](=O)[O-])c(OCC(C)C)n1. The first kappa shape index (κ1) is 14.1. The van der Waals surface area contributed by atoms with Gasteiger partial charge in [-0.25, -0.2) is 4.98 Å². The summed E-state index contributed by atoms with van der Waals surface area (Å²) in [6.07, 6.45) is 0.588. The topological polar surface area (TPSA) is 90.2 Å². The Bertz CT molecular complexity index is 435. The molecule has 0 saturated heterocycles. The highest BCUT2D eigenvalue weighted by molar-refractivity contribution is 5.61. The molecular formula is C11H18N4O3. The Kier molecular flexibility index (Phi) is 4.82. The number of nitro groups is 1. The van der Waals surface area contributed by atoms with Gasteiger partial charge >= 0.3 is 5.69 Å². The predicted octanol–water partition coefficient (Wildman–Crippen LogP) is 2.02. The van der Waals surface area contributed by atoms with Crippen LogP contribution in [0.25, 0.3) is 0 Å². The van der Waals surface area contributed by atoms with Gasteiger partial charge in [0.15, 0.2) is 0 Å². The fraction of sp³-hybridized carbons (Fsp3) is 0.636. The molecule has 0 amide bonds. The molecule has 0 aliphatic heterocycles. The van der Waals surface area contributed by atoms with Crippen molar-refractivity contribution in [3.63, 3.8) is 0 Å². The number of aryl methyl sites for hydroxylation is 1. The van der Waals surface area contributed by atoms with Crippen LogP contribution in [0.2, 0.25) is 0 Å². The largest absolute Gasteiger partial charge is 0.472 e. The van der Waals surface area contributed by atoms with Gasteiger partial charge in [0.05, 0.1) is 11.5 Å². The second kappa shape index (κ2) is 6.13. The number of ether oxygens (including phenoxy) is 1. The van der Waals surface area contributed by atoms with Crippen molar-refractivity contribution in [1.82, 2.24) is 9.97 Å². The van der Waals surface area contributed by atoms with E-state index in [-0.39, 0.29) is 23.3 Å². The summed E-state index contributed by atoms with van der Waals surface area (Å²) in [4.78, 5) is 18.7. The van der Waals surface area contributed by atoms with Crippen molar-refractivity contribution in [1.29, 1.82) is 0 Å². The summed E-state index contributed by atoms with van der Waals surface area (Å²) >= 11 is 0. The first-order valence-electron chi connectivity index (χ1n) is 5.85. The van der Waals surface area contributed by atoms with E-state index >= 15 is 0 Å². The standard InChI is InChI=1S/C11H18N4O3/c1-5-8-13-10(12-4)9(15(16)17)11(14-8)18-6-7(2)3/h7H,5-6H2,1-4H3,(H,12,13,14). The minimum absolute atomic E-state index is 0.0323. The molecule has 0 aromatic carbocycles. The lowest BCUT2D eigenvalue weighted by molar-refractivity contribution is -0.385. The Balaban J connectivity index is 3.21. The lowest BCUT2D eigenvalue weighted by Gasteiger charge is -2.11. The molecule has 0 radical (unpaired) electrons. The number of hydrogen-bond donors (Lipinski definition) is 1. The normalized spacial score (nSPS) is 10.5. The number of rotatable bonds is 6. The van der Waals surface area contributed by atoms with Crippen molar-refractivity contribution >= 4 is 11.5 Å². The maximum atomic E-state index is 11.1. The Hall–Kier alpha value is -1.92. The maximum Gasteiger partial charge on any atom is 0.372 e. The van der Waals surface area contributed by atoms with Crippen LogP contribution in [-0.4, -0.2) is 28.5 Å². The second-order valence-corrected chi connectivity index (χ2v) is 4.21. The van der Waals surface area contributed by atoms with Crippen molar-refractivity contribution < 1.29 is 9.66 Å². The number of anilines is 1. The van der Waals surface area contributed by atoms with Crippen LogP contribution in [0.5, 0.6) is 5.88 Å². The molecule has 18 heavy (non-hydrogen) atoms. The van der Waals surface area contributed by atoms with Crippen LogP contribution in [0.3, 0.4) is 0 Å². The highest BCUT2D eigenvalue weighted by Gasteiger charge is 2.25. The molecule has 0 aliphatic rings. The fourth-order valence-electron chi connectivity index (χ4n) is 1.32. The van der Waals surface area contributed by atoms with Gasteiger partial charge in [-0.05, 0) is 5.92 Å². The van der Waals surface area contributed by atoms with E-state index in [1.807, 2.05) is 20.8 Å². The molecule has 0 saturated carbocycles. The molecule has 1 aromatic rings. The summed E-state index contributed by atoms with van der Waals surface area (Å²) in [6.45, 7) is 6.19. The van der Waals surface area contributed by atoms with Crippen LogP contribution in [0.4, 0.5) is 11.5 Å². The van der Waals surface area contributed by atoms with Crippen LogP contribution >= 0.6 is 0 Å². The van der Waals surface area contributed by atoms with Gasteiger partial charge in [0.1, 0.15) is 5.82 Å². The van der Waals surface area contributed by atoms with Crippen molar-refractivity contribution in [2.24, 2.45) is 5.92 Å². The van der Waals surface area contributed by atoms with E-state index in [0.29, 0.717) is 18.9 Å². The number of nitrogens with one attached hydrogen (secondary N) is 1. The molecule has 1 rings (SSSR count). The van der Waals surface area contributed by atoms with Gasteiger partial charge in [0.2, 0.25) is 5.82 Å². The van der Waals surface area contributed by atoms with Crippen LogP contribution in [0.1, 0.15) is 26.6 Å². The zero-order chi connectivity index (χ0) is 13.7. The summed E-state index contributed by atoms with van der Waals surface area (Å²) in [5.74, 6) is 1.00. The number of nitrogens with zero attached hydrogens (tertiary/aromatic N) is 3.